The van der Waals surface area contributed by atoms with Crippen LogP contribution in [0.2, 0.25) is 0 Å². The zero-order valence-corrected chi connectivity index (χ0v) is 18.4. The summed E-state index contributed by atoms with van der Waals surface area (Å²) in [5.41, 5.74) is 7.40. The minimum atomic E-state index is -0.272. The molecule has 1 atom stereocenters. The molecule has 1 unspecified atom stereocenters. The van der Waals surface area contributed by atoms with Crippen molar-refractivity contribution in [2.45, 2.75) is 55.8 Å². The van der Waals surface area contributed by atoms with E-state index in [9.17, 15) is 4.79 Å². The molecule has 150 valence electrons. The first-order valence-electron chi connectivity index (χ1n) is 10.6. The van der Waals surface area contributed by atoms with E-state index in [-0.39, 0.29) is 5.97 Å². The highest BCUT2D eigenvalue weighted by molar-refractivity contribution is 9.09. The Bertz CT molecular complexity index is 1080. The molecule has 2 aromatic carbocycles. The van der Waals surface area contributed by atoms with E-state index in [1.807, 2.05) is 12.1 Å². The van der Waals surface area contributed by atoms with Gasteiger partial charge in [-0.2, -0.15) is 0 Å². The second-order valence-corrected chi connectivity index (χ2v) is 9.68. The number of carbonyl (C=O) groups excluding carboxylic acids is 1. The van der Waals surface area contributed by atoms with Crippen molar-refractivity contribution < 1.29 is 9.53 Å². The van der Waals surface area contributed by atoms with Crippen LogP contribution in [0.25, 0.3) is 22.2 Å². The van der Waals surface area contributed by atoms with Gasteiger partial charge in [0.1, 0.15) is 0 Å². The van der Waals surface area contributed by atoms with Crippen LogP contribution in [0.3, 0.4) is 0 Å². The highest BCUT2D eigenvalue weighted by Gasteiger charge is 2.30. The van der Waals surface area contributed by atoms with Crippen LogP contribution in [0.4, 0.5) is 0 Å². The lowest BCUT2D eigenvalue weighted by atomic mass is 9.81. The molecule has 3 nitrogen and oxygen atoms in total. The van der Waals surface area contributed by atoms with E-state index >= 15 is 0 Å². The monoisotopic (exact) mass is 451 g/mol. The van der Waals surface area contributed by atoms with Crippen molar-refractivity contribution in [1.82, 2.24) is 4.57 Å². The van der Waals surface area contributed by atoms with Crippen LogP contribution in [0.15, 0.2) is 42.5 Å². The first-order chi connectivity index (χ1) is 14.2. The fraction of sp³-hybridized carbons (Fsp3) is 0.400. The predicted molar refractivity (Wildman–Crippen MR) is 121 cm³/mol. The van der Waals surface area contributed by atoms with Gasteiger partial charge < -0.3 is 9.30 Å². The largest absolute Gasteiger partial charge is 0.465 e. The second-order valence-electron chi connectivity index (χ2n) is 8.39. The third-order valence-corrected chi connectivity index (χ3v) is 7.25. The summed E-state index contributed by atoms with van der Waals surface area (Å²) in [5, 5.41) is 1.30. The van der Waals surface area contributed by atoms with Gasteiger partial charge >= 0.3 is 5.97 Å². The summed E-state index contributed by atoms with van der Waals surface area (Å²) in [6, 6.07) is 15.0. The van der Waals surface area contributed by atoms with Gasteiger partial charge in [0, 0.05) is 27.8 Å². The Balaban J connectivity index is 1.83. The maximum atomic E-state index is 12.2. The lowest BCUT2D eigenvalue weighted by Gasteiger charge is -2.24. The third kappa shape index (κ3) is 3.22. The van der Waals surface area contributed by atoms with Crippen molar-refractivity contribution in [3.63, 3.8) is 0 Å². The van der Waals surface area contributed by atoms with E-state index < -0.39 is 0 Å². The van der Waals surface area contributed by atoms with Crippen molar-refractivity contribution in [3.8, 4) is 11.3 Å². The quantitative estimate of drug-likeness (QED) is 0.330. The zero-order chi connectivity index (χ0) is 20.0. The van der Waals surface area contributed by atoms with E-state index in [1.165, 1.54) is 67.0 Å². The molecule has 0 amide bonds. The number of fused-ring (bicyclic) bond motifs is 5. The van der Waals surface area contributed by atoms with Gasteiger partial charge in [-0.25, -0.2) is 4.79 Å². The lowest BCUT2D eigenvalue weighted by Crippen LogP contribution is -2.11. The molecule has 0 radical (unpaired) electrons. The van der Waals surface area contributed by atoms with Gasteiger partial charge in [-0.3, -0.25) is 0 Å². The minimum Gasteiger partial charge on any atom is -0.465 e. The average molecular weight is 452 g/mol. The number of benzene rings is 2. The van der Waals surface area contributed by atoms with Crippen molar-refractivity contribution in [2.24, 2.45) is 0 Å². The fourth-order valence-electron chi connectivity index (χ4n) is 5.34. The summed E-state index contributed by atoms with van der Waals surface area (Å²) in [6.07, 6.45) is 7.48. The molecule has 3 aromatic rings. The van der Waals surface area contributed by atoms with E-state index in [0.717, 1.165) is 18.5 Å². The Morgan fingerprint density at radius 3 is 2.69 bits per heavy atom. The number of aromatic nitrogens is 1. The molecule has 29 heavy (non-hydrogen) atoms. The number of nitrogens with zero attached hydrogens (tertiary/aromatic N) is 1. The van der Waals surface area contributed by atoms with E-state index in [0.29, 0.717) is 16.3 Å². The van der Waals surface area contributed by atoms with Crippen molar-refractivity contribution in [1.29, 1.82) is 0 Å². The Labute approximate surface area is 180 Å². The molecule has 4 heteroatoms. The number of ether oxygens (including phenoxy) is 1. The number of rotatable bonds is 2. The number of halogens is 1. The van der Waals surface area contributed by atoms with Crippen molar-refractivity contribution in [3.05, 3.63) is 59.2 Å². The number of alkyl halides is 1. The normalized spacial score (nSPS) is 19.4. The zero-order valence-electron chi connectivity index (χ0n) is 16.8. The van der Waals surface area contributed by atoms with Gasteiger partial charge in [0.25, 0.3) is 0 Å². The molecule has 0 N–H and O–H groups in total. The number of hydrogen-bond acceptors (Lipinski definition) is 2. The summed E-state index contributed by atoms with van der Waals surface area (Å²) in [7, 11) is 1.45. The number of carbonyl (C=O) groups is 1. The molecule has 1 aliphatic carbocycles. The molecular formula is C25H26BrNO2. The van der Waals surface area contributed by atoms with Crippen LogP contribution in [0.1, 0.15) is 59.5 Å². The van der Waals surface area contributed by atoms with Crippen LogP contribution in [0, 0.1) is 0 Å². The highest BCUT2D eigenvalue weighted by Crippen LogP contribution is 2.46. The summed E-state index contributed by atoms with van der Waals surface area (Å²) in [6.45, 7) is 0.901. The number of esters is 1. The summed E-state index contributed by atoms with van der Waals surface area (Å²) in [4.78, 5) is 12.6. The molecule has 1 fully saturated rings. The molecule has 5 rings (SSSR count). The second kappa shape index (κ2) is 7.64. The molecule has 0 spiro atoms. The van der Waals surface area contributed by atoms with Gasteiger partial charge in [-0.05, 0) is 48.4 Å². The molecule has 1 aromatic heterocycles. The Kier molecular flexibility index (Phi) is 4.99. The average Bonchev–Trinajstić information content (AvgIpc) is 2.98. The Hall–Kier alpha value is -2.07. The molecule has 2 aliphatic rings. The van der Waals surface area contributed by atoms with Crippen LogP contribution >= 0.6 is 15.9 Å². The van der Waals surface area contributed by atoms with Crippen LogP contribution in [-0.2, 0) is 17.7 Å². The fourth-order valence-corrected chi connectivity index (χ4v) is 5.97. The van der Waals surface area contributed by atoms with Crippen LogP contribution in [0.5, 0.6) is 0 Å². The van der Waals surface area contributed by atoms with Crippen LogP contribution < -0.4 is 0 Å². The maximum absolute atomic E-state index is 12.2. The van der Waals surface area contributed by atoms with Gasteiger partial charge in [-0.1, -0.05) is 65.5 Å². The SMILES string of the molecule is COC(=O)c1ccc2c(C3CCCCC3)c3n(c2c1)CC(Br)Cc1ccccc1-3. The van der Waals surface area contributed by atoms with E-state index in [1.54, 1.807) is 0 Å². The topological polar surface area (TPSA) is 31.2 Å². The highest BCUT2D eigenvalue weighted by atomic mass is 79.9. The Morgan fingerprint density at radius 2 is 1.90 bits per heavy atom. The van der Waals surface area contributed by atoms with Gasteiger partial charge in [0.15, 0.2) is 0 Å². The first-order valence-corrected chi connectivity index (χ1v) is 11.6. The minimum absolute atomic E-state index is 0.272. The molecular weight excluding hydrogens is 426 g/mol. The first kappa shape index (κ1) is 18.9. The van der Waals surface area contributed by atoms with E-state index in [4.69, 9.17) is 4.74 Å². The lowest BCUT2D eigenvalue weighted by molar-refractivity contribution is 0.0601. The number of hydrogen-bond donors (Lipinski definition) is 0. The molecule has 1 aliphatic heterocycles. The predicted octanol–water partition coefficient (Wildman–Crippen LogP) is 6.46. The van der Waals surface area contributed by atoms with Gasteiger partial charge in [0.05, 0.1) is 18.4 Å². The summed E-state index contributed by atoms with van der Waals surface area (Å²) >= 11 is 3.92. The summed E-state index contributed by atoms with van der Waals surface area (Å²) < 4.78 is 7.45. The number of methoxy groups -OCH3 is 1. The molecule has 1 saturated carbocycles. The molecule has 2 heterocycles. The molecule has 0 saturated heterocycles. The van der Waals surface area contributed by atoms with E-state index in [2.05, 4.69) is 50.8 Å². The van der Waals surface area contributed by atoms with Crippen molar-refractivity contribution in [2.75, 3.05) is 7.11 Å². The van der Waals surface area contributed by atoms with Gasteiger partial charge in [-0.15, -0.1) is 0 Å². The Morgan fingerprint density at radius 1 is 1.10 bits per heavy atom. The molecule has 0 bridgehead atoms. The maximum Gasteiger partial charge on any atom is 0.337 e. The smallest absolute Gasteiger partial charge is 0.337 e. The standard InChI is InChI=1S/C25H26BrNO2/c1-29-25(28)18-11-12-21-22(14-18)27-15-19(26)13-17-9-5-6-10-20(17)24(27)23(21)16-7-3-2-4-8-16/h5-6,9-12,14,16,19H,2-4,7-8,13,15H2,1H3. The van der Waals surface area contributed by atoms with Crippen molar-refractivity contribution >= 4 is 32.8 Å². The summed E-state index contributed by atoms with van der Waals surface area (Å²) in [5.74, 6) is 0.317. The van der Waals surface area contributed by atoms with Crippen LogP contribution in [-0.4, -0.2) is 22.5 Å². The third-order valence-electron chi connectivity index (χ3n) is 6.63. The van der Waals surface area contributed by atoms with Gasteiger partial charge in [0.2, 0.25) is 0 Å².